The van der Waals surface area contributed by atoms with Gasteiger partial charge in [0.25, 0.3) is 5.91 Å². The van der Waals surface area contributed by atoms with Crippen LogP contribution in [0, 0.1) is 5.41 Å². The average molecular weight is 422 g/mol. The number of hydrogen-bond acceptors (Lipinski definition) is 4. The van der Waals surface area contributed by atoms with Gasteiger partial charge < -0.3 is 15.1 Å². The number of carbonyl (C=O) groups is 2. The summed E-state index contributed by atoms with van der Waals surface area (Å²) in [4.78, 5) is 31.2. The van der Waals surface area contributed by atoms with Gasteiger partial charge in [-0.25, -0.2) is 0 Å². The van der Waals surface area contributed by atoms with Gasteiger partial charge in [0.2, 0.25) is 0 Å². The fourth-order valence-electron chi connectivity index (χ4n) is 5.29. The highest BCUT2D eigenvalue weighted by Crippen LogP contribution is 2.47. The quantitative estimate of drug-likeness (QED) is 0.787. The minimum absolute atomic E-state index is 0.0725. The molecular formula is C26H35N3O2. The van der Waals surface area contributed by atoms with E-state index >= 15 is 0 Å². The lowest BCUT2D eigenvalue weighted by molar-refractivity contribution is -0.128. The lowest BCUT2D eigenvalue weighted by atomic mass is 9.68. The number of hydrogen-bond donors (Lipinski definition) is 1. The molecule has 1 aromatic carbocycles. The molecule has 0 bridgehead atoms. The molecule has 4 rings (SSSR count). The van der Waals surface area contributed by atoms with Crippen LogP contribution in [0.15, 0.2) is 46.8 Å². The Morgan fingerprint density at radius 1 is 1.06 bits per heavy atom. The molecule has 166 valence electrons. The Kier molecular flexibility index (Phi) is 5.71. The van der Waals surface area contributed by atoms with E-state index in [0.29, 0.717) is 6.42 Å². The molecule has 3 aliphatic rings. The topological polar surface area (TPSA) is 52.7 Å². The summed E-state index contributed by atoms with van der Waals surface area (Å²) in [5, 5.41) is 3.49. The number of nitrogens with one attached hydrogen (secondary N) is 1. The van der Waals surface area contributed by atoms with Crippen molar-refractivity contribution >= 4 is 17.4 Å². The Morgan fingerprint density at radius 3 is 2.32 bits per heavy atom. The van der Waals surface area contributed by atoms with Gasteiger partial charge in [0.05, 0.1) is 0 Å². The number of ketones is 1. The van der Waals surface area contributed by atoms with E-state index in [2.05, 4.69) is 48.3 Å². The van der Waals surface area contributed by atoms with E-state index in [0.717, 1.165) is 66.1 Å². The Hall–Kier alpha value is -2.56. The molecule has 5 nitrogen and oxygen atoms in total. The standard InChI is InChI=1S/C26H35N3O2/c1-17-22(25(31)29-13-7-6-8-14-29)23(18-9-11-19(12-10-18)28(4)5)24-20(27-17)15-26(2,3)16-21(24)30/h9-12,23,27H,6-8,13-16H2,1-5H3/t23-/m1/s1. The van der Waals surface area contributed by atoms with E-state index < -0.39 is 0 Å². The summed E-state index contributed by atoms with van der Waals surface area (Å²) < 4.78 is 0. The molecule has 1 saturated heterocycles. The van der Waals surface area contributed by atoms with Gasteiger partial charge in [-0.15, -0.1) is 0 Å². The van der Waals surface area contributed by atoms with Crippen molar-refractivity contribution in [2.24, 2.45) is 5.41 Å². The number of anilines is 1. The Balaban J connectivity index is 1.81. The predicted molar refractivity (Wildman–Crippen MR) is 125 cm³/mol. The summed E-state index contributed by atoms with van der Waals surface area (Å²) in [6.07, 6.45) is 4.62. The maximum atomic E-state index is 13.7. The number of carbonyl (C=O) groups excluding carboxylic acids is 2. The molecule has 1 amide bonds. The van der Waals surface area contributed by atoms with Crippen LogP contribution in [-0.2, 0) is 9.59 Å². The Labute approximate surface area is 186 Å². The number of benzene rings is 1. The summed E-state index contributed by atoms with van der Waals surface area (Å²) in [6.45, 7) is 7.88. The molecule has 5 heteroatoms. The van der Waals surface area contributed by atoms with E-state index in [9.17, 15) is 9.59 Å². The summed E-state index contributed by atoms with van der Waals surface area (Å²) in [6, 6.07) is 8.32. The number of allylic oxidation sites excluding steroid dienone is 3. The molecule has 1 aromatic rings. The fraction of sp³-hybridized carbons (Fsp3) is 0.538. The minimum atomic E-state index is -0.300. The first-order chi connectivity index (χ1) is 14.7. The second kappa shape index (κ2) is 8.18. The van der Waals surface area contributed by atoms with E-state index in [1.165, 1.54) is 6.42 Å². The number of likely N-dealkylation sites (tertiary alicyclic amines) is 1. The summed E-state index contributed by atoms with van der Waals surface area (Å²) in [5.41, 5.74) is 5.47. The highest BCUT2D eigenvalue weighted by molar-refractivity contribution is 6.05. The van der Waals surface area contributed by atoms with Gasteiger partial charge in [-0.2, -0.15) is 0 Å². The lowest BCUT2D eigenvalue weighted by Gasteiger charge is -2.41. The van der Waals surface area contributed by atoms with Gasteiger partial charge in [-0.05, 0) is 55.7 Å². The number of piperidine rings is 1. The maximum Gasteiger partial charge on any atom is 0.252 e. The molecule has 1 aliphatic carbocycles. The van der Waals surface area contributed by atoms with Crippen LogP contribution in [0.4, 0.5) is 5.69 Å². The lowest BCUT2D eigenvalue weighted by Crippen LogP contribution is -2.43. The van der Waals surface area contributed by atoms with E-state index in [1.54, 1.807) is 0 Å². The Bertz CT molecular complexity index is 947. The van der Waals surface area contributed by atoms with Gasteiger partial charge in [0, 0.05) is 67.8 Å². The zero-order valence-corrected chi connectivity index (χ0v) is 19.5. The predicted octanol–water partition coefficient (Wildman–Crippen LogP) is 4.37. The first-order valence-electron chi connectivity index (χ1n) is 11.5. The molecule has 0 saturated carbocycles. The number of rotatable bonds is 3. The first kappa shape index (κ1) is 21.7. The van der Waals surface area contributed by atoms with Crippen molar-refractivity contribution in [3.8, 4) is 0 Å². The third-order valence-corrected chi connectivity index (χ3v) is 6.86. The van der Waals surface area contributed by atoms with Gasteiger partial charge >= 0.3 is 0 Å². The van der Waals surface area contributed by atoms with Gasteiger partial charge in [0.1, 0.15) is 0 Å². The third-order valence-electron chi connectivity index (χ3n) is 6.86. The van der Waals surface area contributed by atoms with Crippen molar-refractivity contribution < 1.29 is 9.59 Å². The van der Waals surface area contributed by atoms with Gasteiger partial charge in [-0.3, -0.25) is 9.59 Å². The highest BCUT2D eigenvalue weighted by Gasteiger charge is 2.43. The monoisotopic (exact) mass is 421 g/mol. The van der Waals surface area contributed by atoms with Gasteiger partial charge in [-0.1, -0.05) is 26.0 Å². The number of amides is 1. The molecular weight excluding hydrogens is 386 g/mol. The second-order valence-electron chi connectivity index (χ2n) is 10.3. The highest BCUT2D eigenvalue weighted by atomic mass is 16.2. The minimum Gasteiger partial charge on any atom is -0.378 e. The van der Waals surface area contributed by atoms with Gasteiger partial charge in [0.15, 0.2) is 5.78 Å². The number of nitrogens with zero attached hydrogens (tertiary/aromatic N) is 2. The van der Waals surface area contributed by atoms with Crippen molar-refractivity contribution in [2.75, 3.05) is 32.1 Å². The first-order valence-corrected chi connectivity index (χ1v) is 11.5. The molecule has 1 N–H and O–H groups in total. The van der Waals surface area contributed by atoms with Crippen LogP contribution in [0.5, 0.6) is 0 Å². The maximum absolute atomic E-state index is 13.7. The molecule has 0 spiro atoms. The van der Waals surface area contributed by atoms with Crippen molar-refractivity contribution in [2.45, 2.75) is 58.8 Å². The zero-order chi connectivity index (χ0) is 22.3. The third kappa shape index (κ3) is 4.15. The van der Waals surface area contributed by atoms with Crippen LogP contribution in [0.2, 0.25) is 0 Å². The molecule has 2 heterocycles. The summed E-state index contributed by atoms with van der Waals surface area (Å²) in [7, 11) is 4.03. The molecule has 0 radical (unpaired) electrons. The van der Waals surface area contributed by atoms with Crippen LogP contribution in [-0.4, -0.2) is 43.8 Å². The number of Topliss-reactive ketones (excluding diaryl/α,β-unsaturated/α-hetero) is 1. The molecule has 0 unspecified atom stereocenters. The smallest absolute Gasteiger partial charge is 0.252 e. The molecule has 2 aliphatic heterocycles. The zero-order valence-electron chi connectivity index (χ0n) is 19.5. The van der Waals surface area contributed by atoms with E-state index in [4.69, 9.17) is 0 Å². The average Bonchev–Trinajstić information content (AvgIpc) is 2.72. The van der Waals surface area contributed by atoms with Crippen molar-refractivity contribution in [1.29, 1.82) is 0 Å². The van der Waals surface area contributed by atoms with Crippen LogP contribution in [0.3, 0.4) is 0 Å². The van der Waals surface area contributed by atoms with Crippen LogP contribution >= 0.6 is 0 Å². The normalized spacial score (nSPS) is 23.5. The van der Waals surface area contributed by atoms with Crippen molar-refractivity contribution in [3.63, 3.8) is 0 Å². The van der Waals surface area contributed by atoms with Crippen LogP contribution in [0.25, 0.3) is 0 Å². The van der Waals surface area contributed by atoms with E-state index in [-0.39, 0.29) is 23.0 Å². The largest absolute Gasteiger partial charge is 0.378 e. The molecule has 31 heavy (non-hydrogen) atoms. The molecule has 0 aromatic heterocycles. The summed E-state index contributed by atoms with van der Waals surface area (Å²) >= 11 is 0. The fourth-order valence-corrected chi connectivity index (χ4v) is 5.29. The van der Waals surface area contributed by atoms with Crippen LogP contribution < -0.4 is 10.2 Å². The van der Waals surface area contributed by atoms with Crippen molar-refractivity contribution in [3.05, 3.63) is 52.4 Å². The number of dihydropyridines is 1. The molecule has 1 fully saturated rings. The Morgan fingerprint density at radius 2 is 1.71 bits per heavy atom. The van der Waals surface area contributed by atoms with Crippen LogP contribution in [0.1, 0.15) is 64.4 Å². The molecule has 1 atom stereocenters. The second-order valence-corrected chi connectivity index (χ2v) is 10.3. The summed E-state index contributed by atoms with van der Waals surface area (Å²) in [5.74, 6) is -0.0575. The van der Waals surface area contributed by atoms with E-state index in [1.807, 2.05) is 25.9 Å². The SMILES string of the molecule is CC1=C(C(=O)N2CCCCC2)[C@@H](c2ccc(N(C)C)cc2)C2=C(CC(C)(C)CC2=O)N1. The van der Waals surface area contributed by atoms with Crippen molar-refractivity contribution in [1.82, 2.24) is 10.2 Å².